The molecule has 3 aromatic rings. The molecule has 0 bridgehead atoms. The van der Waals surface area contributed by atoms with Gasteiger partial charge in [-0.1, -0.05) is 90.8 Å². The van der Waals surface area contributed by atoms with Crippen LogP contribution in [0.1, 0.15) is 35.6 Å². The standard InChI is InChI=1S/C28H31ClN2O2/c1-3-16-30-28(33)26(18-22-9-5-4-6-10-22)31(20-23-12-14-25(29)15-13-23)27(32)19-24-11-7-8-21(2)17-24/h4-15,17,26H,3,16,18-20H2,1-2H3,(H,30,33)/t26-/m0/s1. The Labute approximate surface area is 201 Å². The first-order valence-corrected chi connectivity index (χ1v) is 11.7. The van der Waals surface area contributed by atoms with Crippen molar-refractivity contribution < 1.29 is 9.59 Å². The average molecular weight is 463 g/mol. The molecule has 33 heavy (non-hydrogen) atoms. The number of benzene rings is 3. The topological polar surface area (TPSA) is 49.4 Å². The van der Waals surface area contributed by atoms with Crippen LogP contribution in [0.5, 0.6) is 0 Å². The Kier molecular flexibility index (Phi) is 9.08. The summed E-state index contributed by atoms with van der Waals surface area (Å²) in [5, 5.41) is 3.64. The molecule has 0 unspecified atom stereocenters. The number of halogens is 1. The van der Waals surface area contributed by atoms with Crippen LogP contribution >= 0.6 is 11.6 Å². The normalized spacial score (nSPS) is 11.6. The molecule has 2 amide bonds. The predicted octanol–water partition coefficient (Wildman–Crippen LogP) is 5.36. The molecule has 0 aliphatic heterocycles. The summed E-state index contributed by atoms with van der Waals surface area (Å²) in [6, 6.07) is 24.6. The van der Waals surface area contributed by atoms with Crippen LogP contribution in [-0.2, 0) is 29.0 Å². The molecule has 0 aliphatic carbocycles. The number of hydrogen-bond acceptors (Lipinski definition) is 2. The maximum absolute atomic E-state index is 13.6. The maximum Gasteiger partial charge on any atom is 0.243 e. The van der Waals surface area contributed by atoms with Gasteiger partial charge in [0.15, 0.2) is 0 Å². The van der Waals surface area contributed by atoms with Gasteiger partial charge >= 0.3 is 0 Å². The predicted molar refractivity (Wildman–Crippen MR) is 134 cm³/mol. The monoisotopic (exact) mass is 462 g/mol. The van der Waals surface area contributed by atoms with Gasteiger partial charge in [-0.05, 0) is 42.2 Å². The van der Waals surface area contributed by atoms with Crippen molar-refractivity contribution in [2.75, 3.05) is 6.54 Å². The van der Waals surface area contributed by atoms with Crippen molar-refractivity contribution in [3.63, 3.8) is 0 Å². The van der Waals surface area contributed by atoms with Crippen LogP contribution in [-0.4, -0.2) is 29.3 Å². The van der Waals surface area contributed by atoms with E-state index in [1.165, 1.54) is 0 Å². The highest BCUT2D eigenvalue weighted by Crippen LogP contribution is 2.18. The molecular weight excluding hydrogens is 432 g/mol. The number of hydrogen-bond donors (Lipinski definition) is 1. The summed E-state index contributed by atoms with van der Waals surface area (Å²) in [4.78, 5) is 28.6. The van der Waals surface area contributed by atoms with Crippen molar-refractivity contribution in [2.45, 2.75) is 45.7 Å². The Morgan fingerprint density at radius 2 is 1.61 bits per heavy atom. The van der Waals surface area contributed by atoms with Crippen LogP contribution in [0.15, 0.2) is 78.9 Å². The van der Waals surface area contributed by atoms with E-state index in [-0.39, 0.29) is 18.2 Å². The zero-order valence-electron chi connectivity index (χ0n) is 19.3. The lowest BCUT2D eigenvalue weighted by atomic mass is 10.0. The lowest BCUT2D eigenvalue weighted by molar-refractivity contribution is -0.140. The quantitative estimate of drug-likeness (QED) is 0.441. The van der Waals surface area contributed by atoms with Gasteiger partial charge in [0.2, 0.25) is 11.8 Å². The number of nitrogens with zero attached hydrogens (tertiary/aromatic N) is 1. The van der Waals surface area contributed by atoms with Gasteiger partial charge in [-0.15, -0.1) is 0 Å². The van der Waals surface area contributed by atoms with E-state index in [2.05, 4.69) is 5.32 Å². The number of nitrogens with one attached hydrogen (secondary N) is 1. The minimum atomic E-state index is -0.619. The first-order chi connectivity index (χ1) is 16.0. The van der Waals surface area contributed by atoms with Crippen molar-refractivity contribution in [2.24, 2.45) is 0 Å². The Hall–Kier alpha value is -3.11. The van der Waals surface area contributed by atoms with Crippen LogP contribution in [0.3, 0.4) is 0 Å². The number of carbonyl (C=O) groups is 2. The zero-order valence-corrected chi connectivity index (χ0v) is 20.0. The van der Waals surface area contributed by atoms with Gasteiger partial charge in [0.25, 0.3) is 0 Å². The van der Waals surface area contributed by atoms with Gasteiger partial charge in [0, 0.05) is 24.5 Å². The highest BCUT2D eigenvalue weighted by atomic mass is 35.5. The second-order valence-electron chi connectivity index (χ2n) is 8.31. The molecule has 3 aromatic carbocycles. The van der Waals surface area contributed by atoms with Crippen LogP contribution in [0.4, 0.5) is 0 Å². The van der Waals surface area contributed by atoms with Gasteiger partial charge in [-0.3, -0.25) is 9.59 Å². The number of rotatable bonds is 10. The number of carbonyl (C=O) groups excluding carboxylic acids is 2. The number of aryl methyl sites for hydroxylation is 1. The molecule has 0 aromatic heterocycles. The molecular formula is C28H31ClN2O2. The second-order valence-corrected chi connectivity index (χ2v) is 8.75. The van der Waals surface area contributed by atoms with E-state index in [9.17, 15) is 9.59 Å². The van der Waals surface area contributed by atoms with Gasteiger partial charge < -0.3 is 10.2 Å². The molecule has 4 nitrogen and oxygen atoms in total. The first-order valence-electron chi connectivity index (χ1n) is 11.4. The molecule has 0 aliphatic rings. The van der Waals surface area contributed by atoms with Gasteiger partial charge in [0.1, 0.15) is 6.04 Å². The summed E-state index contributed by atoms with van der Waals surface area (Å²) < 4.78 is 0. The Morgan fingerprint density at radius 3 is 2.27 bits per heavy atom. The van der Waals surface area contributed by atoms with Crippen molar-refractivity contribution >= 4 is 23.4 Å². The maximum atomic E-state index is 13.6. The van der Waals surface area contributed by atoms with E-state index < -0.39 is 6.04 Å². The minimum Gasteiger partial charge on any atom is -0.354 e. The van der Waals surface area contributed by atoms with Gasteiger partial charge in [-0.2, -0.15) is 0 Å². The lowest BCUT2D eigenvalue weighted by Crippen LogP contribution is -2.51. The fourth-order valence-electron chi connectivity index (χ4n) is 3.80. The second kappa shape index (κ2) is 12.2. The smallest absolute Gasteiger partial charge is 0.243 e. The van der Waals surface area contributed by atoms with Gasteiger partial charge in [-0.25, -0.2) is 0 Å². The van der Waals surface area contributed by atoms with Crippen LogP contribution in [0, 0.1) is 6.92 Å². The summed E-state index contributed by atoms with van der Waals surface area (Å²) in [5.41, 5.74) is 3.98. The molecule has 172 valence electrons. The van der Waals surface area contributed by atoms with E-state index in [1.807, 2.05) is 92.7 Å². The average Bonchev–Trinajstić information content (AvgIpc) is 2.81. The SMILES string of the molecule is CCCNC(=O)[C@H](Cc1ccccc1)N(Cc1ccc(Cl)cc1)C(=O)Cc1cccc(C)c1. The molecule has 0 saturated carbocycles. The summed E-state index contributed by atoms with van der Waals surface area (Å²) in [5.74, 6) is -0.213. The fraction of sp³-hybridized carbons (Fsp3) is 0.286. The van der Waals surface area contributed by atoms with Crippen molar-refractivity contribution in [3.05, 3.63) is 106 Å². The third kappa shape index (κ3) is 7.47. The molecule has 0 radical (unpaired) electrons. The lowest BCUT2D eigenvalue weighted by Gasteiger charge is -2.31. The van der Waals surface area contributed by atoms with E-state index in [0.29, 0.717) is 24.5 Å². The van der Waals surface area contributed by atoms with E-state index in [1.54, 1.807) is 4.90 Å². The summed E-state index contributed by atoms with van der Waals surface area (Å²) in [6.45, 7) is 4.93. The minimum absolute atomic E-state index is 0.0804. The number of amides is 2. The van der Waals surface area contributed by atoms with E-state index in [0.717, 1.165) is 28.7 Å². The molecule has 1 N–H and O–H groups in total. The third-order valence-corrected chi connectivity index (χ3v) is 5.78. The Balaban J connectivity index is 1.94. The molecule has 0 heterocycles. The Morgan fingerprint density at radius 1 is 0.909 bits per heavy atom. The third-order valence-electron chi connectivity index (χ3n) is 5.52. The molecule has 5 heteroatoms. The van der Waals surface area contributed by atoms with Crippen LogP contribution in [0.2, 0.25) is 5.02 Å². The van der Waals surface area contributed by atoms with Crippen molar-refractivity contribution in [1.82, 2.24) is 10.2 Å². The van der Waals surface area contributed by atoms with Crippen LogP contribution < -0.4 is 5.32 Å². The molecule has 0 spiro atoms. The highest BCUT2D eigenvalue weighted by molar-refractivity contribution is 6.30. The van der Waals surface area contributed by atoms with Crippen molar-refractivity contribution in [3.8, 4) is 0 Å². The summed E-state index contributed by atoms with van der Waals surface area (Å²) in [6.07, 6.45) is 1.52. The molecule has 3 rings (SSSR count). The first kappa shape index (κ1) is 24.5. The van der Waals surface area contributed by atoms with Crippen LogP contribution in [0.25, 0.3) is 0 Å². The van der Waals surface area contributed by atoms with Crippen molar-refractivity contribution in [1.29, 1.82) is 0 Å². The summed E-state index contributed by atoms with van der Waals surface area (Å²) in [7, 11) is 0. The Bertz CT molecular complexity index is 1050. The van der Waals surface area contributed by atoms with E-state index in [4.69, 9.17) is 11.6 Å². The fourth-order valence-corrected chi connectivity index (χ4v) is 3.93. The molecule has 0 fully saturated rings. The summed E-state index contributed by atoms with van der Waals surface area (Å²) >= 11 is 6.07. The largest absolute Gasteiger partial charge is 0.354 e. The van der Waals surface area contributed by atoms with Gasteiger partial charge in [0.05, 0.1) is 6.42 Å². The zero-order chi connectivity index (χ0) is 23.6. The molecule has 1 atom stereocenters. The molecule has 0 saturated heterocycles. The highest BCUT2D eigenvalue weighted by Gasteiger charge is 2.30. The van der Waals surface area contributed by atoms with E-state index >= 15 is 0 Å².